The van der Waals surface area contributed by atoms with E-state index in [1.54, 1.807) is 12.1 Å². The fourth-order valence-corrected chi connectivity index (χ4v) is 4.65. The number of nitrogens with one attached hydrogen (secondary N) is 1. The first-order chi connectivity index (χ1) is 13.2. The molecule has 6 nitrogen and oxygen atoms in total. The van der Waals surface area contributed by atoms with E-state index in [1.807, 2.05) is 46.0 Å². The average Bonchev–Trinajstić information content (AvgIpc) is 2.65. The van der Waals surface area contributed by atoms with E-state index >= 15 is 0 Å². The molecule has 28 heavy (non-hydrogen) atoms. The lowest BCUT2D eigenvalue weighted by molar-refractivity contribution is 0.102. The highest BCUT2D eigenvalue weighted by Gasteiger charge is 2.28. The summed E-state index contributed by atoms with van der Waals surface area (Å²) in [7, 11) is -1.64. The molecular weight excluding hydrogens is 374 g/mol. The fourth-order valence-electron chi connectivity index (χ4n) is 3.20. The first kappa shape index (κ1) is 20.5. The highest BCUT2D eigenvalue weighted by molar-refractivity contribution is 7.89. The van der Waals surface area contributed by atoms with Crippen LogP contribution in [-0.2, 0) is 10.0 Å². The van der Waals surface area contributed by atoms with E-state index in [4.69, 9.17) is 0 Å². The van der Waals surface area contributed by atoms with Crippen molar-refractivity contribution >= 4 is 21.6 Å². The van der Waals surface area contributed by atoms with Gasteiger partial charge >= 0.3 is 0 Å². The Morgan fingerprint density at radius 2 is 1.54 bits per heavy atom. The fraction of sp³-hybridized carbons (Fsp3) is 0.381. The van der Waals surface area contributed by atoms with Crippen molar-refractivity contribution in [1.82, 2.24) is 9.21 Å². The van der Waals surface area contributed by atoms with Gasteiger partial charge < -0.3 is 10.2 Å². The van der Waals surface area contributed by atoms with Crippen molar-refractivity contribution < 1.29 is 13.2 Å². The van der Waals surface area contributed by atoms with Crippen molar-refractivity contribution in [2.45, 2.75) is 25.7 Å². The van der Waals surface area contributed by atoms with E-state index in [-0.39, 0.29) is 10.8 Å². The summed E-state index contributed by atoms with van der Waals surface area (Å²) in [4.78, 5) is 15.1. The molecule has 2 aromatic rings. The van der Waals surface area contributed by atoms with Crippen LogP contribution in [0.3, 0.4) is 0 Å². The standard InChI is InChI=1S/C21H27N3O3S/c1-15-5-7-18(13-17(15)3)22-21(25)20-14-19(8-6-16(20)2)28(26,27)24-11-9-23(4)10-12-24/h5-8,13-14H,9-12H2,1-4H3,(H,22,25). The van der Waals surface area contributed by atoms with Crippen molar-refractivity contribution in [3.05, 3.63) is 58.7 Å². The monoisotopic (exact) mass is 401 g/mol. The highest BCUT2D eigenvalue weighted by Crippen LogP contribution is 2.22. The molecule has 0 aromatic heterocycles. The summed E-state index contributed by atoms with van der Waals surface area (Å²) in [6, 6.07) is 10.5. The van der Waals surface area contributed by atoms with Gasteiger partial charge in [0.15, 0.2) is 0 Å². The van der Waals surface area contributed by atoms with Gasteiger partial charge in [-0.1, -0.05) is 12.1 Å². The molecule has 0 bridgehead atoms. The number of carbonyl (C=O) groups is 1. The van der Waals surface area contributed by atoms with Crippen LogP contribution in [0.2, 0.25) is 0 Å². The molecule has 150 valence electrons. The van der Waals surface area contributed by atoms with Crippen LogP contribution in [0, 0.1) is 20.8 Å². The number of amides is 1. The molecule has 0 saturated carbocycles. The summed E-state index contributed by atoms with van der Waals surface area (Å²) in [6.45, 7) is 8.11. The molecule has 1 N–H and O–H groups in total. The number of likely N-dealkylation sites (N-methyl/N-ethyl adjacent to an activating group) is 1. The van der Waals surface area contributed by atoms with Gasteiger partial charge in [-0.25, -0.2) is 8.42 Å². The average molecular weight is 402 g/mol. The SMILES string of the molecule is Cc1ccc(NC(=O)c2cc(S(=O)(=O)N3CCN(C)CC3)ccc2C)cc1C. The summed E-state index contributed by atoms with van der Waals surface area (Å²) < 4.78 is 27.5. The van der Waals surface area contributed by atoms with Crippen molar-refractivity contribution in [2.75, 3.05) is 38.5 Å². The van der Waals surface area contributed by atoms with Gasteiger partial charge in [0.1, 0.15) is 0 Å². The molecule has 7 heteroatoms. The molecule has 2 aromatic carbocycles. The zero-order chi connectivity index (χ0) is 20.5. The minimum Gasteiger partial charge on any atom is -0.322 e. The number of sulfonamides is 1. The Hall–Kier alpha value is -2.22. The maximum absolute atomic E-state index is 13.0. The Morgan fingerprint density at radius 3 is 2.18 bits per heavy atom. The lowest BCUT2D eigenvalue weighted by Crippen LogP contribution is -2.47. The lowest BCUT2D eigenvalue weighted by Gasteiger charge is -2.31. The van der Waals surface area contributed by atoms with Crippen molar-refractivity contribution in [1.29, 1.82) is 0 Å². The quantitative estimate of drug-likeness (QED) is 0.855. The van der Waals surface area contributed by atoms with Crippen LogP contribution in [0.5, 0.6) is 0 Å². The van der Waals surface area contributed by atoms with Gasteiger partial charge in [-0.3, -0.25) is 4.79 Å². The number of anilines is 1. The molecule has 1 heterocycles. The molecule has 0 aliphatic carbocycles. The van der Waals surface area contributed by atoms with Crippen LogP contribution in [0.15, 0.2) is 41.3 Å². The minimum absolute atomic E-state index is 0.160. The van der Waals surface area contributed by atoms with Crippen molar-refractivity contribution in [3.63, 3.8) is 0 Å². The van der Waals surface area contributed by atoms with E-state index in [0.29, 0.717) is 37.4 Å². The van der Waals surface area contributed by atoms with Crippen LogP contribution in [-0.4, -0.2) is 56.8 Å². The third kappa shape index (κ3) is 4.27. The zero-order valence-corrected chi connectivity index (χ0v) is 17.6. The number of benzene rings is 2. The van der Waals surface area contributed by atoms with Crippen molar-refractivity contribution in [2.24, 2.45) is 0 Å². The normalized spacial score (nSPS) is 16.1. The predicted molar refractivity (Wildman–Crippen MR) is 111 cm³/mol. The largest absolute Gasteiger partial charge is 0.322 e. The van der Waals surface area contributed by atoms with Crippen molar-refractivity contribution in [3.8, 4) is 0 Å². The summed E-state index contributed by atoms with van der Waals surface area (Å²) in [5, 5.41) is 2.88. The predicted octanol–water partition coefficient (Wildman–Crippen LogP) is 2.80. The van der Waals surface area contributed by atoms with Crippen LogP contribution in [0.1, 0.15) is 27.0 Å². The second-order valence-electron chi connectivity index (χ2n) is 7.44. The maximum Gasteiger partial charge on any atom is 0.255 e. The van der Waals surface area contributed by atoms with Crippen LogP contribution in [0.25, 0.3) is 0 Å². The van der Waals surface area contributed by atoms with E-state index < -0.39 is 10.0 Å². The molecule has 1 fully saturated rings. The van der Waals surface area contributed by atoms with E-state index in [9.17, 15) is 13.2 Å². The number of rotatable bonds is 4. The minimum atomic E-state index is -3.62. The van der Waals surface area contributed by atoms with Gasteiger partial charge in [-0.2, -0.15) is 4.31 Å². The molecule has 0 atom stereocenters. The van der Waals surface area contributed by atoms with Gasteiger partial charge in [-0.15, -0.1) is 0 Å². The molecule has 0 spiro atoms. The molecule has 3 rings (SSSR count). The zero-order valence-electron chi connectivity index (χ0n) is 16.8. The van der Waals surface area contributed by atoms with Gasteiger partial charge in [0.2, 0.25) is 10.0 Å². The number of aryl methyl sites for hydroxylation is 3. The Kier molecular flexibility index (Phi) is 5.88. The van der Waals surface area contributed by atoms with E-state index in [1.165, 1.54) is 10.4 Å². The van der Waals surface area contributed by atoms with Crippen LogP contribution in [0.4, 0.5) is 5.69 Å². The summed E-state index contributed by atoms with van der Waals surface area (Å²) >= 11 is 0. The summed E-state index contributed by atoms with van der Waals surface area (Å²) in [5.41, 5.74) is 4.03. The number of hydrogen-bond acceptors (Lipinski definition) is 4. The Bertz CT molecular complexity index is 994. The topological polar surface area (TPSA) is 69.7 Å². The number of nitrogens with zero attached hydrogens (tertiary/aromatic N) is 2. The third-order valence-corrected chi connectivity index (χ3v) is 7.21. The number of hydrogen-bond donors (Lipinski definition) is 1. The molecular formula is C21H27N3O3S. The molecule has 0 unspecified atom stereocenters. The smallest absolute Gasteiger partial charge is 0.255 e. The third-order valence-electron chi connectivity index (χ3n) is 5.32. The summed E-state index contributed by atoms with van der Waals surface area (Å²) in [5.74, 6) is -0.309. The van der Waals surface area contributed by atoms with E-state index in [0.717, 1.165) is 16.7 Å². The first-order valence-corrected chi connectivity index (χ1v) is 10.8. The lowest BCUT2D eigenvalue weighted by atomic mass is 10.1. The molecule has 0 radical (unpaired) electrons. The van der Waals surface area contributed by atoms with Gasteiger partial charge in [-0.05, 0) is 68.8 Å². The van der Waals surface area contributed by atoms with Gasteiger partial charge in [0.05, 0.1) is 4.90 Å². The number of piperazine rings is 1. The molecule has 1 aliphatic rings. The van der Waals surface area contributed by atoms with Gasteiger partial charge in [0, 0.05) is 37.4 Å². The second kappa shape index (κ2) is 8.03. The number of carbonyl (C=O) groups excluding carboxylic acids is 1. The van der Waals surface area contributed by atoms with Gasteiger partial charge in [0.25, 0.3) is 5.91 Å². The van der Waals surface area contributed by atoms with Crippen LogP contribution >= 0.6 is 0 Å². The Morgan fingerprint density at radius 1 is 0.893 bits per heavy atom. The molecule has 1 aliphatic heterocycles. The van der Waals surface area contributed by atoms with E-state index in [2.05, 4.69) is 10.2 Å². The van der Waals surface area contributed by atoms with Crippen LogP contribution < -0.4 is 5.32 Å². The molecule has 1 saturated heterocycles. The Balaban J connectivity index is 1.86. The Labute approximate surface area is 167 Å². The first-order valence-electron chi connectivity index (χ1n) is 9.36. The maximum atomic E-state index is 13.0. The highest BCUT2D eigenvalue weighted by atomic mass is 32.2. The molecule has 1 amide bonds. The summed E-state index contributed by atoms with van der Waals surface area (Å²) in [6.07, 6.45) is 0. The second-order valence-corrected chi connectivity index (χ2v) is 9.38.